The molecular formula is C26H36O6. The van der Waals surface area contributed by atoms with Gasteiger partial charge in [-0.25, -0.2) is 0 Å². The summed E-state index contributed by atoms with van der Waals surface area (Å²) in [5.41, 5.74) is -1.80. The van der Waals surface area contributed by atoms with Gasteiger partial charge < -0.3 is 14.9 Å². The maximum atomic E-state index is 13.4. The summed E-state index contributed by atoms with van der Waals surface area (Å²) in [6.45, 7) is 8.89. The van der Waals surface area contributed by atoms with Gasteiger partial charge in [0.1, 0.15) is 5.60 Å². The number of fused-ring (bicyclic) bond motifs is 5. The van der Waals surface area contributed by atoms with E-state index in [9.17, 15) is 24.6 Å². The van der Waals surface area contributed by atoms with Crippen molar-refractivity contribution >= 4 is 17.5 Å². The van der Waals surface area contributed by atoms with E-state index >= 15 is 0 Å². The molecule has 0 aliphatic heterocycles. The number of aliphatic hydroxyl groups excluding tert-OH is 1. The molecule has 0 aromatic heterocycles. The number of esters is 1. The Balaban J connectivity index is 1.75. The number of Topliss-reactive ketones (excluding diaryl/α,β-unsaturated/α-hetero) is 1. The van der Waals surface area contributed by atoms with Crippen LogP contribution in [-0.4, -0.2) is 46.1 Å². The summed E-state index contributed by atoms with van der Waals surface area (Å²) >= 11 is 0. The highest BCUT2D eigenvalue weighted by Crippen LogP contribution is 2.69. The van der Waals surface area contributed by atoms with Crippen molar-refractivity contribution < 1.29 is 29.3 Å². The average Bonchev–Trinajstić information content (AvgIpc) is 2.94. The summed E-state index contributed by atoms with van der Waals surface area (Å²) in [6.07, 6.45) is 7.17. The monoisotopic (exact) mass is 444 g/mol. The summed E-state index contributed by atoms with van der Waals surface area (Å²) in [6, 6.07) is 0. The van der Waals surface area contributed by atoms with Crippen molar-refractivity contribution in [3.63, 3.8) is 0 Å². The number of carbonyl (C=O) groups is 3. The van der Waals surface area contributed by atoms with Crippen molar-refractivity contribution in [2.45, 2.75) is 72.0 Å². The van der Waals surface area contributed by atoms with Crippen LogP contribution in [0.5, 0.6) is 0 Å². The molecule has 0 bridgehead atoms. The second-order valence-corrected chi connectivity index (χ2v) is 11.3. The molecule has 4 aliphatic rings. The van der Waals surface area contributed by atoms with Gasteiger partial charge in [0.15, 0.2) is 12.4 Å². The minimum Gasteiger partial charge on any atom is -0.458 e. The first-order valence-electron chi connectivity index (χ1n) is 11.9. The van der Waals surface area contributed by atoms with E-state index in [1.54, 1.807) is 12.2 Å². The van der Waals surface area contributed by atoms with E-state index in [1.807, 2.05) is 26.8 Å². The van der Waals surface area contributed by atoms with Gasteiger partial charge in [-0.05, 0) is 61.5 Å². The zero-order valence-electron chi connectivity index (χ0n) is 19.8. The first-order valence-corrected chi connectivity index (χ1v) is 11.9. The van der Waals surface area contributed by atoms with Crippen LogP contribution in [0.15, 0.2) is 23.8 Å². The van der Waals surface area contributed by atoms with E-state index < -0.39 is 40.9 Å². The van der Waals surface area contributed by atoms with Crippen molar-refractivity contribution in [1.29, 1.82) is 0 Å². The number of carbonyl (C=O) groups excluding carboxylic acids is 3. The smallest absolute Gasteiger partial charge is 0.303 e. The Morgan fingerprint density at radius 1 is 1.28 bits per heavy atom. The number of hydrogen-bond donors (Lipinski definition) is 2. The van der Waals surface area contributed by atoms with Crippen LogP contribution in [0, 0.1) is 40.4 Å². The van der Waals surface area contributed by atoms with Crippen LogP contribution >= 0.6 is 0 Å². The number of hydrogen-bond acceptors (Lipinski definition) is 6. The molecule has 4 rings (SSSR count). The minimum atomic E-state index is -1.66. The highest BCUT2D eigenvalue weighted by Gasteiger charge is 2.71. The largest absolute Gasteiger partial charge is 0.458 e. The molecule has 2 N–H and O–H groups in total. The predicted molar refractivity (Wildman–Crippen MR) is 118 cm³/mol. The third-order valence-corrected chi connectivity index (χ3v) is 9.44. The lowest BCUT2D eigenvalue weighted by Gasteiger charge is -2.59. The van der Waals surface area contributed by atoms with Crippen LogP contribution in [0.1, 0.15) is 60.3 Å². The molecule has 0 radical (unpaired) electrons. The SMILES string of the molecule is CC(=O)OCC(=O)[C@@]1(O)[C@@H](C(C)C)C[C@H]2[C@@H]3CCC4=CC(=O)C=C[C@]4(C)[C@H]3[C@@H](O)C[C@@]21C. The summed E-state index contributed by atoms with van der Waals surface area (Å²) < 4.78 is 5.00. The summed E-state index contributed by atoms with van der Waals surface area (Å²) in [7, 11) is 0. The van der Waals surface area contributed by atoms with Gasteiger partial charge in [-0.2, -0.15) is 0 Å². The van der Waals surface area contributed by atoms with Gasteiger partial charge in [-0.3, -0.25) is 14.4 Å². The third-order valence-electron chi connectivity index (χ3n) is 9.44. The molecule has 0 amide bonds. The third kappa shape index (κ3) is 3.09. The Kier molecular flexibility index (Phi) is 5.57. The second kappa shape index (κ2) is 7.63. The summed E-state index contributed by atoms with van der Waals surface area (Å²) in [4.78, 5) is 36.7. The topological polar surface area (TPSA) is 101 Å². The minimum absolute atomic E-state index is 0.00255. The molecular weight excluding hydrogens is 408 g/mol. The molecule has 176 valence electrons. The number of aliphatic hydroxyl groups is 2. The van der Waals surface area contributed by atoms with E-state index in [2.05, 4.69) is 6.92 Å². The molecule has 6 nitrogen and oxygen atoms in total. The first-order chi connectivity index (χ1) is 14.9. The molecule has 0 heterocycles. The summed E-state index contributed by atoms with van der Waals surface area (Å²) in [5.74, 6) is -1.13. The lowest BCUT2D eigenvalue weighted by atomic mass is 9.46. The quantitative estimate of drug-likeness (QED) is 0.647. The Bertz CT molecular complexity index is 902. The number of allylic oxidation sites excluding steroid dienone is 4. The molecule has 0 unspecified atom stereocenters. The van der Waals surface area contributed by atoms with Crippen LogP contribution in [0.25, 0.3) is 0 Å². The van der Waals surface area contributed by atoms with Crippen LogP contribution in [0.2, 0.25) is 0 Å². The van der Waals surface area contributed by atoms with Gasteiger partial charge in [0.25, 0.3) is 0 Å². The Morgan fingerprint density at radius 3 is 2.59 bits per heavy atom. The van der Waals surface area contributed by atoms with Crippen molar-refractivity contribution in [3.8, 4) is 0 Å². The van der Waals surface area contributed by atoms with Crippen molar-refractivity contribution in [3.05, 3.63) is 23.8 Å². The zero-order valence-corrected chi connectivity index (χ0v) is 19.8. The molecule has 6 heteroatoms. The van der Waals surface area contributed by atoms with E-state index in [0.717, 1.165) is 18.4 Å². The Morgan fingerprint density at radius 2 is 1.97 bits per heavy atom. The number of ether oxygens (including phenoxy) is 1. The Hall–Kier alpha value is -1.79. The predicted octanol–water partition coefficient (Wildman–Crippen LogP) is 3.01. The molecule has 0 aromatic rings. The molecule has 32 heavy (non-hydrogen) atoms. The molecule has 0 spiro atoms. The molecule has 3 saturated carbocycles. The van der Waals surface area contributed by atoms with Gasteiger partial charge in [0, 0.05) is 23.7 Å². The highest BCUT2D eigenvalue weighted by molar-refractivity contribution is 6.01. The fourth-order valence-corrected chi connectivity index (χ4v) is 7.97. The van der Waals surface area contributed by atoms with Gasteiger partial charge in [0.2, 0.25) is 5.78 Å². The van der Waals surface area contributed by atoms with Gasteiger partial charge >= 0.3 is 5.97 Å². The Labute approximate surface area is 190 Å². The van der Waals surface area contributed by atoms with E-state index in [4.69, 9.17) is 4.74 Å². The standard InChI is InChI=1S/C26H36O6/c1-14(2)19-11-20-18-7-6-16-10-17(28)8-9-24(16,4)23(18)21(29)12-25(20,5)26(19,31)22(30)13-32-15(3)27/h8-10,14,18-21,23,29,31H,6-7,11-13H2,1-5H3/t18-,19+,20-,21-,23+,24-,25-,26-/m0/s1. The van der Waals surface area contributed by atoms with Crippen LogP contribution in [-0.2, 0) is 19.1 Å². The van der Waals surface area contributed by atoms with Crippen molar-refractivity contribution in [1.82, 2.24) is 0 Å². The molecule has 4 aliphatic carbocycles. The average molecular weight is 445 g/mol. The van der Waals surface area contributed by atoms with Crippen LogP contribution in [0.4, 0.5) is 0 Å². The van der Waals surface area contributed by atoms with Gasteiger partial charge in [-0.15, -0.1) is 0 Å². The fourth-order valence-electron chi connectivity index (χ4n) is 7.97. The van der Waals surface area contributed by atoms with Gasteiger partial charge in [-0.1, -0.05) is 39.3 Å². The lowest BCUT2D eigenvalue weighted by Crippen LogP contribution is -2.63. The molecule has 0 aromatic carbocycles. The van der Waals surface area contributed by atoms with E-state index in [1.165, 1.54) is 6.92 Å². The maximum absolute atomic E-state index is 13.4. The number of ketones is 2. The number of rotatable bonds is 4. The van der Waals surface area contributed by atoms with E-state index in [-0.39, 0.29) is 35.4 Å². The van der Waals surface area contributed by atoms with Crippen LogP contribution in [0.3, 0.4) is 0 Å². The molecule has 0 saturated heterocycles. The fraction of sp³-hybridized carbons (Fsp3) is 0.731. The lowest BCUT2D eigenvalue weighted by molar-refractivity contribution is -0.188. The zero-order chi connectivity index (χ0) is 23.6. The van der Waals surface area contributed by atoms with Crippen LogP contribution < -0.4 is 0 Å². The van der Waals surface area contributed by atoms with Gasteiger partial charge in [0.05, 0.1) is 6.10 Å². The van der Waals surface area contributed by atoms with Crippen molar-refractivity contribution in [2.24, 2.45) is 40.4 Å². The normalized spacial score (nSPS) is 45.1. The highest BCUT2D eigenvalue weighted by atomic mass is 16.5. The van der Waals surface area contributed by atoms with Crippen molar-refractivity contribution in [2.75, 3.05) is 6.61 Å². The first kappa shape index (κ1) is 23.4. The second-order valence-electron chi connectivity index (χ2n) is 11.3. The molecule has 8 atom stereocenters. The maximum Gasteiger partial charge on any atom is 0.303 e. The van der Waals surface area contributed by atoms with E-state index in [0.29, 0.717) is 12.8 Å². The summed E-state index contributed by atoms with van der Waals surface area (Å²) in [5, 5.41) is 23.6. The molecule has 3 fully saturated rings.